The van der Waals surface area contributed by atoms with Crippen LogP contribution >= 0.6 is 0 Å². The molecule has 0 aliphatic carbocycles. The van der Waals surface area contributed by atoms with Crippen molar-refractivity contribution in [2.75, 3.05) is 7.11 Å². The van der Waals surface area contributed by atoms with Crippen LogP contribution in [0.4, 0.5) is 0 Å². The van der Waals surface area contributed by atoms with Gasteiger partial charge in [0.05, 0.1) is 24.4 Å². The van der Waals surface area contributed by atoms with E-state index >= 15 is 0 Å². The number of hydrogen-bond acceptors (Lipinski definition) is 4. The molecule has 1 heterocycles. The highest BCUT2D eigenvalue weighted by Crippen LogP contribution is 2.22. The second-order valence-corrected chi connectivity index (χ2v) is 2.87. The predicted molar refractivity (Wildman–Crippen MR) is 53.3 cm³/mol. The van der Waals surface area contributed by atoms with Crippen LogP contribution in [0.3, 0.4) is 0 Å². The van der Waals surface area contributed by atoms with Crippen molar-refractivity contribution >= 4 is 5.97 Å². The Morgan fingerprint density at radius 2 is 2.20 bits per heavy atom. The van der Waals surface area contributed by atoms with Crippen molar-refractivity contribution in [1.82, 2.24) is 4.98 Å². The van der Waals surface area contributed by atoms with Gasteiger partial charge in [0, 0.05) is 0 Å². The number of nitrogens with zero attached hydrogens (tertiary/aromatic N) is 1. The fraction of sp³-hybridized carbons (Fsp3) is 0.0909. The summed E-state index contributed by atoms with van der Waals surface area (Å²) in [6.07, 6.45) is 2.99. The van der Waals surface area contributed by atoms with Gasteiger partial charge in [0.15, 0.2) is 0 Å². The van der Waals surface area contributed by atoms with Gasteiger partial charge in [-0.05, 0) is 12.1 Å². The van der Waals surface area contributed by atoms with Crippen LogP contribution in [0.5, 0.6) is 0 Å². The van der Waals surface area contributed by atoms with Crippen molar-refractivity contribution in [3.8, 4) is 11.5 Å². The summed E-state index contributed by atoms with van der Waals surface area (Å²) in [4.78, 5) is 15.4. The van der Waals surface area contributed by atoms with Gasteiger partial charge in [0.2, 0.25) is 5.89 Å². The molecular weight excluding hydrogens is 194 g/mol. The van der Waals surface area contributed by atoms with Crippen LogP contribution in [0.1, 0.15) is 10.4 Å². The second kappa shape index (κ2) is 3.96. The second-order valence-electron chi connectivity index (χ2n) is 2.87. The summed E-state index contributed by atoms with van der Waals surface area (Å²) in [5, 5.41) is 0. The van der Waals surface area contributed by atoms with Crippen LogP contribution in [0.25, 0.3) is 11.5 Å². The molecule has 0 fully saturated rings. The number of aromatic nitrogens is 1. The lowest BCUT2D eigenvalue weighted by molar-refractivity contribution is 0.0601. The van der Waals surface area contributed by atoms with E-state index in [2.05, 4.69) is 9.72 Å². The SMILES string of the molecule is COC(=O)c1ccccc1-c1ncco1. The molecule has 4 heteroatoms. The number of carbonyl (C=O) groups excluding carboxylic acids is 1. The molecule has 0 spiro atoms. The van der Waals surface area contributed by atoms with Crippen molar-refractivity contribution in [3.05, 3.63) is 42.3 Å². The Balaban J connectivity index is 2.52. The molecule has 4 nitrogen and oxygen atoms in total. The Hall–Kier alpha value is -2.10. The largest absolute Gasteiger partial charge is 0.465 e. The van der Waals surface area contributed by atoms with Gasteiger partial charge in [-0.15, -0.1) is 0 Å². The van der Waals surface area contributed by atoms with Crippen LogP contribution in [0.2, 0.25) is 0 Å². The van der Waals surface area contributed by atoms with Crippen molar-refractivity contribution in [1.29, 1.82) is 0 Å². The Labute approximate surface area is 86.5 Å². The van der Waals surface area contributed by atoms with Crippen LogP contribution in [-0.4, -0.2) is 18.1 Å². The van der Waals surface area contributed by atoms with Gasteiger partial charge in [-0.25, -0.2) is 9.78 Å². The number of methoxy groups -OCH3 is 1. The van der Waals surface area contributed by atoms with Crippen molar-refractivity contribution < 1.29 is 13.9 Å². The number of benzene rings is 1. The number of esters is 1. The van der Waals surface area contributed by atoms with Gasteiger partial charge >= 0.3 is 5.97 Å². The first-order valence-corrected chi connectivity index (χ1v) is 4.40. The van der Waals surface area contributed by atoms with E-state index in [0.717, 1.165) is 0 Å². The van der Waals surface area contributed by atoms with Crippen LogP contribution in [-0.2, 0) is 4.74 Å². The Morgan fingerprint density at radius 3 is 2.87 bits per heavy atom. The average molecular weight is 203 g/mol. The van der Waals surface area contributed by atoms with Gasteiger partial charge in [-0.1, -0.05) is 12.1 Å². The minimum absolute atomic E-state index is 0.399. The third-order valence-corrected chi connectivity index (χ3v) is 2.00. The fourth-order valence-corrected chi connectivity index (χ4v) is 1.31. The standard InChI is InChI=1S/C11H9NO3/c1-14-11(13)9-5-3-2-4-8(9)10-12-6-7-15-10/h2-7H,1H3. The smallest absolute Gasteiger partial charge is 0.338 e. The van der Waals surface area contributed by atoms with E-state index in [-0.39, 0.29) is 0 Å². The minimum Gasteiger partial charge on any atom is -0.465 e. The minimum atomic E-state index is -0.399. The molecule has 0 amide bonds. The van der Waals surface area contributed by atoms with E-state index in [1.54, 1.807) is 18.2 Å². The molecule has 2 aromatic rings. The summed E-state index contributed by atoms with van der Waals surface area (Å²) in [5.74, 6) is 0.0137. The quantitative estimate of drug-likeness (QED) is 0.701. The van der Waals surface area contributed by atoms with Gasteiger partial charge in [0.1, 0.15) is 6.26 Å². The Kier molecular flexibility index (Phi) is 2.49. The summed E-state index contributed by atoms with van der Waals surface area (Å²) >= 11 is 0. The molecule has 0 bridgehead atoms. The van der Waals surface area contributed by atoms with Gasteiger partial charge in [-0.2, -0.15) is 0 Å². The molecule has 0 saturated heterocycles. The maximum atomic E-state index is 11.4. The zero-order valence-electron chi connectivity index (χ0n) is 8.14. The molecule has 1 aromatic carbocycles. The van der Waals surface area contributed by atoms with E-state index in [1.807, 2.05) is 6.07 Å². The molecule has 15 heavy (non-hydrogen) atoms. The maximum Gasteiger partial charge on any atom is 0.338 e. The van der Waals surface area contributed by atoms with Crippen LogP contribution < -0.4 is 0 Å². The molecule has 1 aromatic heterocycles. The zero-order valence-corrected chi connectivity index (χ0v) is 8.14. The Bertz CT molecular complexity index is 462. The molecule has 0 unspecified atom stereocenters. The first-order chi connectivity index (χ1) is 7.33. The Morgan fingerprint density at radius 1 is 1.40 bits per heavy atom. The first kappa shape index (κ1) is 9.45. The monoisotopic (exact) mass is 203 g/mol. The summed E-state index contributed by atoms with van der Waals surface area (Å²) in [7, 11) is 1.34. The van der Waals surface area contributed by atoms with Crippen molar-refractivity contribution in [2.45, 2.75) is 0 Å². The molecule has 2 rings (SSSR count). The van der Waals surface area contributed by atoms with Crippen LogP contribution in [0.15, 0.2) is 41.1 Å². The summed E-state index contributed by atoms with van der Waals surface area (Å²) < 4.78 is 9.80. The van der Waals surface area contributed by atoms with E-state index in [0.29, 0.717) is 17.0 Å². The molecular formula is C11H9NO3. The lowest BCUT2D eigenvalue weighted by Gasteiger charge is -2.03. The number of oxazole rings is 1. The highest BCUT2D eigenvalue weighted by atomic mass is 16.5. The third-order valence-electron chi connectivity index (χ3n) is 2.00. The third kappa shape index (κ3) is 1.74. The van der Waals surface area contributed by atoms with E-state index < -0.39 is 5.97 Å². The molecule has 0 aliphatic heterocycles. The molecule has 0 aliphatic rings. The molecule has 0 saturated carbocycles. The first-order valence-electron chi connectivity index (χ1n) is 4.40. The molecule has 0 N–H and O–H groups in total. The number of ether oxygens (including phenoxy) is 1. The lowest BCUT2D eigenvalue weighted by Crippen LogP contribution is -2.03. The highest BCUT2D eigenvalue weighted by Gasteiger charge is 2.14. The molecule has 76 valence electrons. The van der Waals surface area contributed by atoms with Gasteiger partial charge in [0.25, 0.3) is 0 Å². The molecule has 0 atom stereocenters. The van der Waals surface area contributed by atoms with E-state index in [1.165, 1.54) is 19.6 Å². The summed E-state index contributed by atoms with van der Waals surface area (Å²) in [5.41, 5.74) is 1.08. The van der Waals surface area contributed by atoms with Crippen molar-refractivity contribution in [2.24, 2.45) is 0 Å². The molecule has 0 radical (unpaired) electrons. The van der Waals surface area contributed by atoms with Crippen LogP contribution in [0, 0.1) is 0 Å². The normalized spacial score (nSPS) is 9.93. The summed E-state index contributed by atoms with van der Waals surface area (Å²) in [6.45, 7) is 0. The van der Waals surface area contributed by atoms with E-state index in [4.69, 9.17) is 4.42 Å². The maximum absolute atomic E-state index is 11.4. The zero-order chi connectivity index (χ0) is 10.7. The fourth-order valence-electron chi connectivity index (χ4n) is 1.31. The number of rotatable bonds is 2. The van der Waals surface area contributed by atoms with E-state index in [9.17, 15) is 4.79 Å². The predicted octanol–water partition coefficient (Wildman–Crippen LogP) is 2.13. The summed E-state index contributed by atoms with van der Waals surface area (Å²) in [6, 6.07) is 7.01. The van der Waals surface area contributed by atoms with Crippen molar-refractivity contribution in [3.63, 3.8) is 0 Å². The number of hydrogen-bond donors (Lipinski definition) is 0. The lowest BCUT2D eigenvalue weighted by atomic mass is 10.1. The number of carbonyl (C=O) groups is 1. The van der Waals surface area contributed by atoms with Gasteiger partial charge in [-0.3, -0.25) is 0 Å². The van der Waals surface area contributed by atoms with Gasteiger partial charge < -0.3 is 9.15 Å². The topological polar surface area (TPSA) is 52.3 Å². The highest BCUT2D eigenvalue weighted by molar-refractivity contribution is 5.95. The average Bonchev–Trinajstić information content (AvgIpc) is 2.81.